The second-order valence-corrected chi connectivity index (χ2v) is 7.37. The molecule has 0 aliphatic heterocycles. The van der Waals surface area contributed by atoms with Crippen LogP contribution in [-0.2, 0) is 20.0 Å². The highest BCUT2D eigenvalue weighted by Gasteiger charge is 2.64. The van der Waals surface area contributed by atoms with Crippen molar-refractivity contribution < 1.29 is 0 Å². The Hall–Kier alpha value is -0.350. The van der Waals surface area contributed by atoms with Crippen molar-refractivity contribution in [2.45, 2.75) is 45.2 Å². The predicted molar refractivity (Wildman–Crippen MR) is 78.7 cm³/mol. The molecule has 4 heteroatoms. The third-order valence-electron chi connectivity index (χ3n) is 5.74. The van der Waals surface area contributed by atoms with Gasteiger partial charge >= 0.3 is 0 Å². The van der Waals surface area contributed by atoms with Gasteiger partial charge in [0.2, 0.25) is 0 Å². The number of nitrogens with zero attached hydrogens (tertiary/aromatic N) is 2. The van der Waals surface area contributed by atoms with Crippen LogP contribution >= 0.6 is 15.9 Å². The normalized spacial score (nSPS) is 38.8. The Labute approximate surface area is 123 Å². The number of halogens is 1. The highest BCUT2D eigenvalue weighted by Crippen LogP contribution is 2.65. The average molecular weight is 324 g/mol. The standard InChI is InChI=1S/C15H22BrN3/c1-3-10-14(16)11(19(2)18-10)7-17-15-12-8-4-5-9(6-8)13(12)15/h8-9,12-13,15,17H,3-7H2,1-2H3. The van der Waals surface area contributed by atoms with Gasteiger partial charge in [0.15, 0.2) is 0 Å². The van der Waals surface area contributed by atoms with E-state index < -0.39 is 0 Å². The van der Waals surface area contributed by atoms with E-state index in [0.29, 0.717) is 0 Å². The van der Waals surface area contributed by atoms with Crippen molar-refractivity contribution in [3.8, 4) is 0 Å². The topological polar surface area (TPSA) is 29.9 Å². The molecule has 1 heterocycles. The summed E-state index contributed by atoms with van der Waals surface area (Å²) in [6.07, 6.45) is 5.52. The van der Waals surface area contributed by atoms with Gasteiger partial charge < -0.3 is 5.32 Å². The lowest BCUT2D eigenvalue weighted by Gasteiger charge is -2.11. The van der Waals surface area contributed by atoms with Crippen LogP contribution in [0.1, 0.15) is 37.6 Å². The molecule has 3 fully saturated rings. The van der Waals surface area contributed by atoms with Crippen molar-refractivity contribution in [2.75, 3.05) is 0 Å². The molecule has 0 aromatic carbocycles. The SMILES string of the molecule is CCc1nn(C)c(CNC2C3C4CCC(C4)C23)c1Br. The van der Waals surface area contributed by atoms with E-state index in [0.717, 1.165) is 42.7 Å². The summed E-state index contributed by atoms with van der Waals surface area (Å²) < 4.78 is 3.24. The molecule has 3 saturated carbocycles. The van der Waals surface area contributed by atoms with Crippen molar-refractivity contribution in [3.05, 3.63) is 15.9 Å². The smallest absolute Gasteiger partial charge is 0.0767 e. The molecule has 2 bridgehead atoms. The zero-order valence-corrected chi connectivity index (χ0v) is 13.3. The molecule has 104 valence electrons. The number of aromatic nitrogens is 2. The zero-order chi connectivity index (χ0) is 13.1. The molecule has 0 radical (unpaired) electrons. The fourth-order valence-electron chi connectivity index (χ4n) is 4.82. The largest absolute Gasteiger partial charge is 0.308 e. The fraction of sp³-hybridized carbons (Fsp3) is 0.800. The van der Waals surface area contributed by atoms with Gasteiger partial charge in [0, 0.05) is 19.6 Å². The van der Waals surface area contributed by atoms with Gasteiger partial charge in [-0.15, -0.1) is 0 Å². The third kappa shape index (κ3) is 1.75. The third-order valence-corrected chi connectivity index (χ3v) is 6.66. The molecule has 0 spiro atoms. The summed E-state index contributed by atoms with van der Waals surface area (Å²) in [5, 5.41) is 8.38. The first kappa shape index (κ1) is 12.4. The van der Waals surface area contributed by atoms with Crippen LogP contribution in [-0.4, -0.2) is 15.8 Å². The molecule has 3 aliphatic rings. The lowest BCUT2D eigenvalue weighted by molar-refractivity contribution is 0.456. The van der Waals surface area contributed by atoms with Crippen LogP contribution in [0.2, 0.25) is 0 Å². The lowest BCUT2D eigenvalue weighted by Crippen LogP contribution is -2.23. The Bertz CT molecular complexity index is 494. The van der Waals surface area contributed by atoms with Crippen molar-refractivity contribution in [1.82, 2.24) is 15.1 Å². The summed E-state index contributed by atoms with van der Waals surface area (Å²) in [6, 6.07) is 0.804. The van der Waals surface area contributed by atoms with E-state index in [1.807, 2.05) is 4.68 Å². The summed E-state index contributed by atoms with van der Waals surface area (Å²) in [5.41, 5.74) is 2.48. The Morgan fingerprint density at radius 2 is 2.00 bits per heavy atom. The molecule has 0 saturated heterocycles. The second-order valence-electron chi connectivity index (χ2n) is 6.58. The van der Waals surface area contributed by atoms with Crippen LogP contribution < -0.4 is 5.32 Å². The molecule has 1 aromatic rings. The van der Waals surface area contributed by atoms with Crippen LogP contribution in [0.5, 0.6) is 0 Å². The van der Waals surface area contributed by atoms with Gasteiger partial charge in [-0.1, -0.05) is 6.92 Å². The van der Waals surface area contributed by atoms with Crippen molar-refractivity contribution in [3.63, 3.8) is 0 Å². The van der Waals surface area contributed by atoms with Crippen molar-refractivity contribution >= 4 is 15.9 Å². The summed E-state index contributed by atoms with van der Waals surface area (Å²) in [5.74, 6) is 4.12. The van der Waals surface area contributed by atoms with Gasteiger partial charge in [0.1, 0.15) is 0 Å². The molecule has 1 aromatic heterocycles. The molecular formula is C15H22BrN3. The molecule has 1 N–H and O–H groups in total. The first-order valence-corrected chi connectivity index (χ1v) is 8.43. The van der Waals surface area contributed by atoms with E-state index >= 15 is 0 Å². The molecule has 4 atom stereocenters. The number of hydrogen-bond donors (Lipinski definition) is 1. The zero-order valence-electron chi connectivity index (χ0n) is 11.7. The Kier molecular flexibility index (Phi) is 2.82. The highest BCUT2D eigenvalue weighted by molar-refractivity contribution is 9.10. The van der Waals surface area contributed by atoms with Crippen molar-refractivity contribution in [2.24, 2.45) is 30.7 Å². The number of nitrogens with one attached hydrogen (secondary N) is 1. The number of fused-ring (bicyclic) bond motifs is 5. The van der Waals surface area contributed by atoms with E-state index in [1.165, 1.54) is 35.1 Å². The maximum Gasteiger partial charge on any atom is 0.0767 e. The summed E-state index contributed by atoms with van der Waals surface area (Å²) in [6.45, 7) is 3.12. The monoisotopic (exact) mass is 323 g/mol. The van der Waals surface area contributed by atoms with Gasteiger partial charge in [-0.25, -0.2) is 0 Å². The van der Waals surface area contributed by atoms with Crippen LogP contribution in [0.4, 0.5) is 0 Å². The van der Waals surface area contributed by atoms with Crippen LogP contribution in [0.3, 0.4) is 0 Å². The van der Waals surface area contributed by atoms with E-state index in [-0.39, 0.29) is 0 Å². The minimum Gasteiger partial charge on any atom is -0.308 e. The first-order chi connectivity index (χ1) is 9.20. The van der Waals surface area contributed by atoms with Gasteiger partial charge in [-0.3, -0.25) is 4.68 Å². The van der Waals surface area contributed by atoms with Gasteiger partial charge in [0.25, 0.3) is 0 Å². The van der Waals surface area contributed by atoms with Crippen LogP contribution in [0, 0.1) is 23.7 Å². The Morgan fingerprint density at radius 1 is 1.32 bits per heavy atom. The lowest BCUT2D eigenvalue weighted by atomic mass is 10.0. The Morgan fingerprint density at radius 3 is 2.58 bits per heavy atom. The minimum atomic E-state index is 0.804. The van der Waals surface area contributed by atoms with E-state index in [1.54, 1.807) is 0 Å². The molecule has 4 rings (SSSR count). The molecule has 4 unspecified atom stereocenters. The number of aryl methyl sites for hydroxylation is 2. The molecule has 3 aliphatic carbocycles. The van der Waals surface area contributed by atoms with E-state index in [4.69, 9.17) is 0 Å². The number of hydrogen-bond acceptors (Lipinski definition) is 2. The van der Waals surface area contributed by atoms with Gasteiger partial charge in [-0.05, 0) is 65.3 Å². The fourth-order valence-corrected chi connectivity index (χ4v) is 5.58. The van der Waals surface area contributed by atoms with Crippen LogP contribution in [0.15, 0.2) is 4.47 Å². The first-order valence-electron chi connectivity index (χ1n) is 7.64. The van der Waals surface area contributed by atoms with Crippen molar-refractivity contribution in [1.29, 1.82) is 0 Å². The molecule has 3 nitrogen and oxygen atoms in total. The van der Waals surface area contributed by atoms with E-state index in [9.17, 15) is 0 Å². The Balaban J connectivity index is 1.43. The second kappa shape index (κ2) is 4.32. The minimum absolute atomic E-state index is 0.804. The number of rotatable bonds is 4. The maximum atomic E-state index is 4.57. The molecule has 19 heavy (non-hydrogen) atoms. The van der Waals surface area contributed by atoms with Gasteiger partial charge in [-0.2, -0.15) is 5.10 Å². The summed E-state index contributed by atoms with van der Waals surface area (Å²) in [4.78, 5) is 0. The molecule has 0 amide bonds. The predicted octanol–water partition coefficient (Wildman–Crippen LogP) is 2.88. The highest BCUT2D eigenvalue weighted by atomic mass is 79.9. The summed E-state index contributed by atoms with van der Waals surface area (Å²) >= 11 is 3.71. The maximum absolute atomic E-state index is 4.57. The quantitative estimate of drug-likeness (QED) is 0.923. The molecular weight excluding hydrogens is 302 g/mol. The van der Waals surface area contributed by atoms with Gasteiger partial charge in [0.05, 0.1) is 15.9 Å². The van der Waals surface area contributed by atoms with E-state index in [2.05, 4.69) is 40.3 Å². The van der Waals surface area contributed by atoms with Crippen LogP contribution in [0.25, 0.3) is 0 Å². The summed E-state index contributed by atoms with van der Waals surface area (Å²) in [7, 11) is 2.05. The average Bonchev–Trinajstić information content (AvgIpc) is 2.73.